The molecule has 0 aromatic carbocycles. The first kappa shape index (κ1) is 9.02. The lowest BCUT2D eigenvalue weighted by molar-refractivity contribution is 0.0577. The first-order valence-corrected chi connectivity index (χ1v) is 6.08. The molecule has 3 saturated carbocycles. The Morgan fingerprint density at radius 1 is 1.00 bits per heavy atom. The van der Waals surface area contributed by atoms with E-state index in [1.807, 2.05) is 4.90 Å². The molecule has 2 atom stereocenters. The van der Waals surface area contributed by atoms with Crippen molar-refractivity contribution in [2.24, 2.45) is 23.7 Å². The quantitative estimate of drug-likeness (QED) is 0.448. The molecule has 4 aliphatic rings. The van der Waals surface area contributed by atoms with Gasteiger partial charge in [-0.2, -0.15) is 0 Å². The van der Waals surface area contributed by atoms with Crippen LogP contribution in [0.2, 0.25) is 0 Å². The van der Waals surface area contributed by atoms with Gasteiger partial charge in [0.2, 0.25) is 0 Å². The number of nitrogens with zero attached hydrogens (tertiary/aromatic N) is 1. The number of hydrogen-bond donors (Lipinski definition) is 0. The molecule has 0 aromatic heterocycles. The molecule has 78 valence electrons. The average molecular weight is 214 g/mol. The zero-order chi connectivity index (χ0) is 9.71. The highest BCUT2D eigenvalue weighted by molar-refractivity contribution is 6.62. The molecule has 1 heterocycles. The summed E-state index contributed by atoms with van der Waals surface area (Å²) in [5.74, 6) is 3.35. The molecular weight excluding hydrogens is 198 g/mol. The van der Waals surface area contributed by atoms with Crippen LogP contribution in [-0.2, 0) is 0 Å². The van der Waals surface area contributed by atoms with Gasteiger partial charge in [0.1, 0.15) is 0 Å². The topological polar surface area (TPSA) is 20.3 Å². The number of halogens is 1. The second kappa shape index (κ2) is 3.13. The third-order valence-corrected chi connectivity index (χ3v) is 4.93. The fourth-order valence-electron chi connectivity index (χ4n) is 4.00. The van der Waals surface area contributed by atoms with Crippen molar-refractivity contribution in [3.63, 3.8) is 0 Å². The molecule has 2 bridgehead atoms. The van der Waals surface area contributed by atoms with Crippen LogP contribution in [0.25, 0.3) is 0 Å². The van der Waals surface area contributed by atoms with Gasteiger partial charge in [0.25, 0.3) is 0 Å². The molecule has 4 rings (SSSR count). The van der Waals surface area contributed by atoms with Gasteiger partial charge in [0.05, 0.1) is 0 Å². The predicted molar refractivity (Wildman–Crippen MR) is 55.3 cm³/mol. The molecule has 1 amide bonds. The minimum Gasteiger partial charge on any atom is -0.329 e. The maximum atomic E-state index is 11.1. The Bertz CT molecular complexity index is 240. The van der Waals surface area contributed by atoms with Crippen LogP contribution in [0.5, 0.6) is 0 Å². The molecule has 4 fully saturated rings. The van der Waals surface area contributed by atoms with E-state index in [0.29, 0.717) is 0 Å². The Kier molecular flexibility index (Phi) is 2.01. The van der Waals surface area contributed by atoms with E-state index < -0.39 is 0 Å². The lowest BCUT2D eigenvalue weighted by atomic mass is 9.60. The predicted octanol–water partition coefficient (Wildman–Crippen LogP) is 2.71. The van der Waals surface area contributed by atoms with Gasteiger partial charge < -0.3 is 4.90 Å². The van der Waals surface area contributed by atoms with Crippen molar-refractivity contribution >= 4 is 17.0 Å². The van der Waals surface area contributed by atoms with Crippen molar-refractivity contribution < 1.29 is 4.79 Å². The number of hydrogen-bond acceptors (Lipinski definition) is 1. The zero-order valence-electron chi connectivity index (χ0n) is 8.29. The summed E-state index contributed by atoms with van der Waals surface area (Å²) in [4.78, 5) is 13.0. The summed E-state index contributed by atoms with van der Waals surface area (Å²) in [5.41, 5.74) is 0. The highest BCUT2D eigenvalue weighted by Gasteiger charge is 2.48. The van der Waals surface area contributed by atoms with Gasteiger partial charge in [0, 0.05) is 13.1 Å². The van der Waals surface area contributed by atoms with Crippen LogP contribution in [0.1, 0.15) is 25.7 Å². The van der Waals surface area contributed by atoms with Crippen molar-refractivity contribution in [2.45, 2.75) is 25.7 Å². The van der Waals surface area contributed by atoms with E-state index in [-0.39, 0.29) is 5.37 Å². The Hall–Kier alpha value is -0.240. The third-order valence-electron chi connectivity index (χ3n) is 4.69. The summed E-state index contributed by atoms with van der Waals surface area (Å²) >= 11 is 5.55. The van der Waals surface area contributed by atoms with Crippen LogP contribution in [0.15, 0.2) is 0 Å². The van der Waals surface area contributed by atoms with Crippen molar-refractivity contribution in [3.8, 4) is 0 Å². The summed E-state index contributed by atoms with van der Waals surface area (Å²) in [5, 5.41) is -0.237. The van der Waals surface area contributed by atoms with Gasteiger partial charge >= 0.3 is 5.37 Å². The van der Waals surface area contributed by atoms with Gasteiger partial charge in [0.15, 0.2) is 0 Å². The van der Waals surface area contributed by atoms with E-state index in [1.54, 1.807) is 0 Å². The molecule has 2 nitrogen and oxygen atoms in total. The molecule has 0 spiro atoms. The highest BCUT2D eigenvalue weighted by atomic mass is 35.5. The summed E-state index contributed by atoms with van der Waals surface area (Å²) in [6.45, 7) is 1.88. The second-order valence-electron chi connectivity index (χ2n) is 5.16. The highest BCUT2D eigenvalue weighted by Crippen LogP contribution is 2.51. The lowest BCUT2D eigenvalue weighted by Crippen LogP contribution is -2.38. The number of carbonyl (C=O) groups is 1. The van der Waals surface area contributed by atoms with Crippen LogP contribution in [-0.4, -0.2) is 23.4 Å². The van der Waals surface area contributed by atoms with E-state index in [9.17, 15) is 4.79 Å². The van der Waals surface area contributed by atoms with Crippen LogP contribution in [0.4, 0.5) is 4.79 Å². The number of likely N-dealkylation sites (tertiary alicyclic amines) is 1. The van der Waals surface area contributed by atoms with Crippen LogP contribution in [0, 0.1) is 23.7 Å². The normalized spacial score (nSPS) is 45.4. The Morgan fingerprint density at radius 3 is 1.79 bits per heavy atom. The molecule has 3 aliphatic carbocycles. The maximum Gasteiger partial charge on any atom is 0.316 e. The molecule has 0 radical (unpaired) electrons. The SMILES string of the molecule is O=C(Cl)N1CC2C3CCC(CC3)C2C1. The third kappa shape index (κ3) is 1.19. The van der Waals surface area contributed by atoms with Gasteiger partial charge in [-0.3, -0.25) is 4.79 Å². The molecular formula is C11H16ClNO. The maximum absolute atomic E-state index is 11.1. The molecule has 14 heavy (non-hydrogen) atoms. The molecule has 3 heteroatoms. The van der Waals surface area contributed by atoms with Crippen molar-refractivity contribution in [2.75, 3.05) is 13.1 Å². The largest absolute Gasteiger partial charge is 0.329 e. The van der Waals surface area contributed by atoms with E-state index in [1.165, 1.54) is 25.7 Å². The minimum atomic E-state index is -0.237. The Balaban J connectivity index is 1.81. The Labute approximate surface area is 89.6 Å². The second-order valence-corrected chi connectivity index (χ2v) is 5.48. The van der Waals surface area contributed by atoms with E-state index in [2.05, 4.69) is 0 Å². The molecule has 1 saturated heterocycles. The van der Waals surface area contributed by atoms with E-state index in [4.69, 9.17) is 11.6 Å². The molecule has 0 aromatic rings. The van der Waals surface area contributed by atoms with Crippen molar-refractivity contribution in [1.29, 1.82) is 0 Å². The number of rotatable bonds is 0. The zero-order valence-corrected chi connectivity index (χ0v) is 9.04. The lowest BCUT2D eigenvalue weighted by Gasteiger charge is -2.44. The van der Waals surface area contributed by atoms with Crippen LogP contribution in [0.3, 0.4) is 0 Å². The average Bonchev–Trinajstić information content (AvgIpc) is 2.65. The van der Waals surface area contributed by atoms with Crippen molar-refractivity contribution in [1.82, 2.24) is 4.90 Å². The molecule has 1 aliphatic heterocycles. The minimum absolute atomic E-state index is 0.237. The number of fused-ring (bicyclic) bond motifs is 2. The van der Waals surface area contributed by atoms with Gasteiger partial charge in [-0.05, 0) is 61.0 Å². The first-order valence-electron chi connectivity index (χ1n) is 5.70. The fraction of sp³-hybridized carbons (Fsp3) is 0.909. The van der Waals surface area contributed by atoms with Crippen molar-refractivity contribution in [3.05, 3.63) is 0 Å². The van der Waals surface area contributed by atoms with Crippen LogP contribution < -0.4 is 0 Å². The summed E-state index contributed by atoms with van der Waals surface area (Å²) < 4.78 is 0. The summed E-state index contributed by atoms with van der Waals surface area (Å²) in [6.07, 6.45) is 5.60. The standard InChI is InChI=1S/C11H16ClNO/c12-11(14)13-5-9-7-1-2-8(4-3-7)10(9)6-13/h7-10H,1-6H2. The number of carbonyl (C=O) groups excluding carboxylic acids is 1. The molecule has 0 N–H and O–H groups in total. The van der Waals surface area contributed by atoms with E-state index in [0.717, 1.165) is 36.8 Å². The van der Waals surface area contributed by atoms with Gasteiger partial charge in [-0.1, -0.05) is 0 Å². The van der Waals surface area contributed by atoms with Gasteiger partial charge in [-0.15, -0.1) is 0 Å². The number of amides is 1. The van der Waals surface area contributed by atoms with Crippen LogP contribution >= 0.6 is 11.6 Å². The fourth-order valence-corrected chi connectivity index (χ4v) is 4.13. The summed E-state index contributed by atoms with van der Waals surface area (Å²) in [7, 11) is 0. The first-order chi connectivity index (χ1) is 6.75. The van der Waals surface area contributed by atoms with Gasteiger partial charge in [-0.25, -0.2) is 0 Å². The molecule has 2 unspecified atom stereocenters. The van der Waals surface area contributed by atoms with E-state index >= 15 is 0 Å². The smallest absolute Gasteiger partial charge is 0.316 e. The summed E-state index contributed by atoms with van der Waals surface area (Å²) in [6, 6.07) is 0. The monoisotopic (exact) mass is 213 g/mol. The Morgan fingerprint density at radius 2 is 1.43 bits per heavy atom.